The summed E-state index contributed by atoms with van der Waals surface area (Å²) in [5.74, 6) is 0. The van der Waals surface area contributed by atoms with E-state index in [1.165, 1.54) is 0 Å². The molecule has 0 aliphatic carbocycles. The predicted octanol–water partition coefficient (Wildman–Crippen LogP) is 0.882. The van der Waals surface area contributed by atoms with Gasteiger partial charge in [-0.1, -0.05) is 10.3 Å². The molecule has 1 aromatic rings. The number of hydrogen-bond donors (Lipinski definition) is 0. The minimum absolute atomic E-state index is 0.0383. The molecule has 1 rings (SSSR count). The van der Waals surface area contributed by atoms with Gasteiger partial charge in [0.2, 0.25) is 0 Å². The van der Waals surface area contributed by atoms with Crippen molar-refractivity contribution in [2.75, 3.05) is 0 Å². The number of carbonyl (C=O) groups is 1. The minimum Gasteiger partial charge on any atom is -0.287 e. The van der Waals surface area contributed by atoms with Gasteiger partial charge >= 0.3 is 0 Å². The molecule has 0 saturated heterocycles. The van der Waals surface area contributed by atoms with Crippen LogP contribution in [0.25, 0.3) is 0 Å². The van der Waals surface area contributed by atoms with Crippen LogP contribution in [0, 0.1) is 6.92 Å². The molecule has 0 N–H and O–H groups in total. The van der Waals surface area contributed by atoms with Gasteiger partial charge in [-0.3, -0.25) is 4.79 Å². The van der Waals surface area contributed by atoms with E-state index in [1.54, 1.807) is 29.5 Å². The first-order chi connectivity index (χ1) is 4.70. The molecule has 0 bridgehead atoms. The summed E-state index contributed by atoms with van der Waals surface area (Å²) in [7, 11) is 0. The fraction of sp³-hybridized carbons (Fsp3) is 0.400. The predicted molar refractivity (Wildman–Crippen MR) is 41.8 cm³/mol. The summed E-state index contributed by atoms with van der Waals surface area (Å²) < 4.78 is 4.43. The Bertz CT molecular complexity index is 246. The molecule has 0 fully saturated rings. The van der Waals surface area contributed by atoms with Crippen molar-refractivity contribution in [2.45, 2.75) is 13.3 Å². The van der Waals surface area contributed by atoms with E-state index in [1.807, 2.05) is 0 Å². The van der Waals surface area contributed by atoms with E-state index in [-0.39, 0.29) is 3.79 Å². The maximum Gasteiger partial charge on any atom is 0.198 e. The average Bonchev–Trinajstić information content (AvgIpc) is 2.15. The van der Waals surface area contributed by atoms with Gasteiger partial charge in [-0.2, -0.15) is 0 Å². The van der Waals surface area contributed by atoms with Crippen LogP contribution in [0.15, 0.2) is 4.63 Å². The Morgan fingerprint density at radius 1 is 1.70 bits per heavy atom. The lowest BCUT2D eigenvalue weighted by molar-refractivity contribution is -0.108. The molecule has 0 atom stereocenters. The van der Waals surface area contributed by atoms with Gasteiger partial charge in [0.05, 0.1) is 6.42 Å². The van der Waals surface area contributed by atoms with Crippen LogP contribution in [0.2, 0.25) is 0 Å². The van der Waals surface area contributed by atoms with Crippen molar-refractivity contribution >= 4 is 26.4 Å². The molecule has 5 heteroatoms. The van der Waals surface area contributed by atoms with E-state index in [4.69, 9.17) is 0 Å². The lowest BCUT2D eigenvalue weighted by Crippen LogP contribution is -1.94. The van der Waals surface area contributed by atoms with E-state index < -0.39 is 0 Å². The lowest BCUT2D eigenvalue weighted by atomic mass is 10.3. The van der Waals surface area contributed by atoms with Crippen LogP contribution in [0.4, 0.5) is 0 Å². The largest absolute Gasteiger partial charge is 0.287 e. The zero-order valence-electron chi connectivity index (χ0n) is 5.30. The van der Waals surface area contributed by atoms with Gasteiger partial charge in [-0.25, -0.2) is 4.63 Å². The third kappa shape index (κ3) is 1.76. The van der Waals surface area contributed by atoms with Crippen LogP contribution < -0.4 is 0 Å². The standard InChI is InChI=1S/C5H5IN2O2/c1-3-4(2-5(6)9)8-10-7-3/h2H2,1H3. The van der Waals surface area contributed by atoms with Crippen molar-refractivity contribution in [1.29, 1.82) is 0 Å². The van der Waals surface area contributed by atoms with Crippen LogP contribution in [0.5, 0.6) is 0 Å². The van der Waals surface area contributed by atoms with Gasteiger partial charge < -0.3 is 0 Å². The van der Waals surface area contributed by atoms with Crippen molar-refractivity contribution in [3.63, 3.8) is 0 Å². The molecule has 0 aromatic carbocycles. The van der Waals surface area contributed by atoms with Gasteiger partial charge in [0, 0.05) is 0 Å². The second-order valence-corrected chi connectivity index (χ2v) is 3.03. The van der Waals surface area contributed by atoms with Crippen molar-refractivity contribution in [3.8, 4) is 0 Å². The molecule has 0 aliphatic heterocycles. The van der Waals surface area contributed by atoms with Crippen molar-refractivity contribution < 1.29 is 9.42 Å². The number of rotatable bonds is 2. The van der Waals surface area contributed by atoms with Gasteiger partial charge in [0.25, 0.3) is 0 Å². The van der Waals surface area contributed by atoms with E-state index in [9.17, 15) is 4.79 Å². The molecule has 1 aromatic heterocycles. The van der Waals surface area contributed by atoms with E-state index >= 15 is 0 Å². The Hall–Kier alpha value is -0.460. The van der Waals surface area contributed by atoms with Crippen LogP contribution in [0.3, 0.4) is 0 Å². The molecule has 0 unspecified atom stereocenters. The van der Waals surface area contributed by atoms with Gasteiger partial charge in [0.15, 0.2) is 3.79 Å². The molecular weight excluding hydrogens is 247 g/mol. The number of halogens is 1. The maximum atomic E-state index is 10.5. The smallest absolute Gasteiger partial charge is 0.198 e. The Labute approximate surface area is 71.1 Å². The molecule has 0 radical (unpaired) electrons. The molecule has 0 saturated carbocycles. The zero-order valence-corrected chi connectivity index (χ0v) is 7.45. The van der Waals surface area contributed by atoms with Gasteiger partial charge in [0.1, 0.15) is 11.4 Å². The van der Waals surface area contributed by atoms with Crippen LogP contribution in [-0.2, 0) is 11.2 Å². The summed E-state index contributed by atoms with van der Waals surface area (Å²) in [4.78, 5) is 10.5. The highest BCUT2D eigenvalue weighted by atomic mass is 127. The first kappa shape index (κ1) is 7.64. The van der Waals surface area contributed by atoms with E-state index in [2.05, 4.69) is 14.9 Å². The molecule has 0 spiro atoms. The Morgan fingerprint density at radius 3 is 2.80 bits per heavy atom. The van der Waals surface area contributed by atoms with Crippen molar-refractivity contribution in [3.05, 3.63) is 11.4 Å². The Morgan fingerprint density at radius 2 is 2.40 bits per heavy atom. The normalized spacial score (nSPS) is 9.80. The highest BCUT2D eigenvalue weighted by molar-refractivity contribution is 14.1. The first-order valence-electron chi connectivity index (χ1n) is 2.66. The van der Waals surface area contributed by atoms with Crippen LogP contribution >= 0.6 is 22.6 Å². The van der Waals surface area contributed by atoms with Gasteiger partial charge in [-0.15, -0.1) is 0 Å². The summed E-state index contributed by atoms with van der Waals surface area (Å²) in [6.07, 6.45) is 0.301. The maximum absolute atomic E-state index is 10.5. The molecule has 54 valence electrons. The monoisotopic (exact) mass is 252 g/mol. The average molecular weight is 252 g/mol. The van der Waals surface area contributed by atoms with Crippen molar-refractivity contribution in [2.24, 2.45) is 0 Å². The second kappa shape index (κ2) is 3.09. The Kier molecular flexibility index (Phi) is 2.36. The number of nitrogens with zero attached hydrogens (tertiary/aromatic N) is 2. The number of aromatic nitrogens is 2. The quantitative estimate of drug-likeness (QED) is 0.579. The van der Waals surface area contributed by atoms with Gasteiger partial charge in [-0.05, 0) is 29.5 Å². The number of hydrogen-bond acceptors (Lipinski definition) is 4. The molecule has 1 heterocycles. The summed E-state index contributed by atoms with van der Waals surface area (Å²) >= 11 is 1.71. The van der Waals surface area contributed by atoms with Crippen LogP contribution in [-0.4, -0.2) is 14.1 Å². The summed E-state index contributed by atoms with van der Waals surface area (Å²) in [5.41, 5.74) is 1.31. The summed E-state index contributed by atoms with van der Waals surface area (Å²) in [6, 6.07) is 0. The van der Waals surface area contributed by atoms with E-state index in [0.717, 1.165) is 0 Å². The highest BCUT2D eigenvalue weighted by Gasteiger charge is 2.07. The fourth-order valence-electron chi connectivity index (χ4n) is 0.542. The molecular formula is C5H5IN2O2. The third-order valence-electron chi connectivity index (χ3n) is 1.05. The topological polar surface area (TPSA) is 56.0 Å². The molecule has 0 aliphatic rings. The zero-order chi connectivity index (χ0) is 7.56. The number of carbonyl (C=O) groups excluding carboxylic acids is 1. The molecule has 0 amide bonds. The Balaban J connectivity index is 2.74. The summed E-state index contributed by atoms with van der Waals surface area (Å²) in [5, 5.41) is 7.07. The molecule has 10 heavy (non-hydrogen) atoms. The molecule has 4 nitrogen and oxygen atoms in total. The minimum atomic E-state index is 0.0383. The van der Waals surface area contributed by atoms with E-state index in [0.29, 0.717) is 17.8 Å². The van der Waals surface area contributed by atoms with Crippen molar-refractivity contribution in [1.82, 2.24) is 10.3 Å². The third-order valence-corrected chi connectivity index (χ3v) is 1.43. The van der Waals surface area contributed by atoms with Crippen LogP contribution in [0.1, 0.15) is 11.4 Å². The summed E-state index contributed by atoms with van der Waals surface area (Å²) in [6.45, 7) is 1.76. The highest BCUT2D eigenvalue weighted by Crippen LogP contribution is 2.03. The lowest BCUT2D eigenvalue weighted by Gasteiger charge is -1.85. The number of aryl methyl sites for hydroxylation is 1. The fourth-order valence-corrected chi connectivity index (χ4v) is 0.903. The first-order valence-corrected chi connectivity index (χ1v) is 3.74. The SMILES string of the molecule is Cc1nonc1CC(=O)I. The second-order valence-electron chi connectivity index (χ2n) is 1.83.